The molecule has 4 rings (SSSR count). The zero-order valence-electron chi connectivity index (χ0n) is 26.4. The van der Waals surface area contributed by atoms with Gasteiger partial charge in [-0.25, -0.2) is 13.4 Å². The molecule has 3 aromatic rings. The van der Waals surface area contributed by atoms with Crippen LogP contribution in [-0.4, -0.2) is 81.2 Å². The van der Waals surface area contributed by atoms with Crippen molar-refractivity contribution in [2.75, 3.05) is 45.3 Å². The fourth-order valence-corrected chi connectivity index (χ4v) is 7.01. The molecule has 1 aromatic heterocycles. The number of aryl methyl sites for hydroxylation is 2. The minimum atomic E-state index is -4.28. The van der Waals surface area contributed by atoms with Gasteiger partial charge in [0, 0.05) is 31.5 Å². The maximum atomic E-state index is 14.2. The number of H-pyrrole nitrogens is 1. The summed E-state index contributed by atoms with van der Waals surface area (Å²) in [5, 5.41) is 2.77. The number of para-hydroxylation sites is 1. The third kappa shape index (κ3) is 9.46. The van der Waals surface area contributed by atoms with Crippen molar-refractivity contribution < 1.29 is 27.5 Å². The van der Waals surface area contributed by atoms with Crippen molar-refractivity contribution in [2.24, 2.45) is 5.92 Å². The van der Waals surface area contributed by atoms with Crippen LogP contribution in [0.1, 0.15) is 50.4 Å². The first kappa shape index (κ1) is 34.3. The fourth-order valence-electron chi connectivity index (χ4n) is 5.60. The van der Waals surface area contributed by atoms with Crippen LogP contribution in [0, 0.1) is 12.8 Å². The lowest BCUT2D eigenvalue weighted by Gasteiger charge is -2.34. The number of aromatic amines is 1. The molecule has 11 nitrogen and oxygen atoms in total. The Morgan fingerprint density at radius 3 is 2.51 bits per heavy atom. The maximum absolute atomic E-state index is 14.2. The Bertz CT molecular complexity index is 1500. The average Bonchev–Trinajstić information content (AvgIpc) is 3.46. The van der Waals surface area contributed by atoms with Crippen LogP contribution in [0.15, 0.2) is 59.8 Å². The van der Waals surface area contributed by atoms with Gasteiger partial charge in [-0.3, -0.25) is 9.59 Å². The van der Waals surface area contributed by atoms with Crippen molar-refractivity contribution in [1.29, 1.82) is 0 Å². The number of nitrogens with zero attached hydrogens (tertiary/aromatic N) is 2. The summed E-state index contributed by atoms with van der Waals surface area (Å²) in [6, 6.07) is 13.1. The number of carbonyl (C=O) groups excluding carboxylic acids is 2. The highest BCUT2D eigenvalue weighted by Gasteiger charge is 2.33. The van der Waals surface area contributed by atoms with Gasteiger partial charge in [0.25, 0.3) is 0 Å². The number of benzene rings is 2. The van der Waals surface area contributed by atoms with Gasteiger partial charge in [-0.15, -0.1) is 0 Å². The van der Waals surface area contributed by atoms with Crippen molar-refractivity contribution >= 4 is 27.5 Å². The highest BCUT2D eigenvalue weighted by Crippen LogP contribution is 2.34. The van der Waals surface area contributed by atoms with E-state index in [1.54, 1.807) is 23.4 Å². The largest absolute Gasteiger partial charge is 0.382 e. The molecule has 1 saturated heterocycles. The number of rotatable bonds is 16. The number of imidazole rings is 1. The van der Waals surface area contributed by atoms with E-state index in [-0.39, 0.29) is 29.7 Å². The molecule has 2 amide bonds. The summed E-state index contributed by atoms with van der Waals surface area (Å²) in [5.41, 5.74) is 3.22. The molecule has 0 bridgehead atoms. The number of anilines is 1. The summed E-state index contributed by atoms with van der Waals surface area (Å²) >= 11 is 0. The molecule has 1 aliphatic heterocycles. The Morgan fingerprint density at radius 1 is 1.09 bits per heavy atom. The number of carbonyl (C=O) groups is 2. The molecule has 2 aromatic carbocycles. The molecule has 0 spiro atoms. The van der Waals surface area contributed by atoms with Crippen LogP contribution < -0.4 is 10.0 Å². The predicted octanol–water partition coefficient (Wildman–Crippen LogP) is 4.31. The molecular weight excluding hydrogens is 594 g/mol. The van der Waals surface area contributed by atoms with Gasteiger partial charge in [0.05, 0.1) is 30.9 Å². The van der Waals surface area contributed by atoms with Crippen LogP contribution in [0.3, 0.4) is 0 Å². The fraction of sp³-hybridized carbons (Fsp3) is 0.485. The lowest BCUT2D eigenvalue weighted by atomic mass is 9.94. The normalized spacial score (nSPS) is 14.8. The number of methoxy groups -OCH3 is 1. The van der Waals surface area contributed by atoms with E-state index >= 15 is 0 Å². The summed E-state index contributed by atoms with van der Waals surface area (Å²) in [5.74, 6) is -0.174. The van der Waals surface area contributed by atoms with E-state index in [9.17, 15) is 18.0 Å². The number of nitrogens with one attached hydrogen (secondary N) is 3. The van der Waals surface area contributed by atoms with Crippen molar-refractivity contribution in [3.63, 3.8) is 0 Å². The number of ether oxygens (including phenoxy) is 2. The molecule has 12 heteroatoms. The van der Waals surface area contributed by atoms with Crippen molar-refractivity contribution in [1.82, 2.24) is 19.6 Å². The average molecular weight is 640 g/mol. The van der Waals surface area contributed by atoms with Crippen molar-refractivity contribution in [2.45, 2.75) is 63.3 Å². The Kier molecular flexibility index (Phi) is 12.7. The number of amides is 2. The molecule has 0 aliphatic carbocycles. The first-order chi connectivity index (χ1) is 21.7. The van der Waals surface area contributed by atoms with E-state index in [0.717, 1.165) is 36.2 Å². The van der Waals surface area contributed by atoms with Crippen LogP contribution in [0.25, 0.3) is 11.1 Å². The number of sulfonamides is 1. The van der Waals surface area contributed by atoms with E-state index in [4.69, 9.17) is 9.47 Å². The highest BCUT2D eigenvalue weighted by atomic mass is 32.2. The van der Waals surface area contributed by atoms with Gasteiger partial charge in [-0.1, -0.05) is 55.8 Å². The summed E-state index contributed by atoms with van der Waals surface area (Å²) in [7, 11) is -2.75. The number of hydrogen-bond acceptors (Lipinski definition) is 7. The molecule has 45 heavy (non-hydrogen) atoms. The lowest BCUT2D eigenvalue weighted by molar-refractivity contribution is -0.134. The van der Waals surface area contributed by atoms with Gasteiger partial charge >= 0.3 is 0 Å². The van der Waals surface area contributed by atoms with Crippen molar-refractivity contribution in [3.8, 4) is 11.1 Å². The standard InChI is InChI=1S/C33H45N5O6S/c1-4-25-16-18-38(19-17-25)33(40)29(14-9-13-28-24(2)34-23-35-28)37-45(41,42)30-15-8-12-27(26-10-6-5-7-11-26)32(30)36-31(39)22-44-21-20-43-3/h5-8,10-12,15,23,25,29,37H,4,9,13-14,16-22H2,1-3H3,(H,34,35)(H,36,39). The maximum Gasteiger partial charge on any atom is 0.250 e. The zero-order valence-corrected chi connectivity index (χ0v) is 27.2. The van der Waals surface area contributed by atoms with Crippen LogP contribution >= 0.6 is 0 Å². The minimum Gasteiger partial charge on any atom is -0.382 e. The SMILES string of the molecule is CCC1CCN(C(=O)C(CCCc2nc[nH]c2C)NS(=O)(=O)c2cccc(-c3ccccc3)c2NC(=O)COCCOC)CC1. The van der Waals surface area contributed by atoms with Gasteiger partial charge in [0.2, 0.25) is 21.8 Å². The topological polar surface area (TPSA) is 143 Å². The number of aromatic nitrogens is 2. The first-order valence-electron chi connectivity index (χ1n) is 15.6. The van der Waals surface area contributed by atoms with Gasteiger partial charge in [0.15, 0.2) is 0 Å². The van der Waals surface area contributed by atoms with E-state index < -0.39 is 22.0 Å². The molecular formula is C33H45N5O6S. The quantitative estimate of drug-likeness (QED) is 0.198. The molecule has 0 radical (unpaired) electrons. The van der Waals surface area contributed by atoms with Gasteiger partial charge < -0.3 is 24.7 Å². The molecule has 1 unspecified atom stereocenters. The van der Waals surface area contributed by atoms with Crippen LogP contribution in [0.5, 0.6) is 0 Å². The van der Waals surface area contributed by atoms with E-state index in [1.165, 1.54) is 13.2 Å². The third-order valence-electron chi connectivity index (χ3n) is 8.27. The van der Waals surface area contributed by atoms with Gasteiger partial charge in [-0.2, -0.15) is 4.72 Å². The summed E-state index contributed by atoms with van der Waals surface area (Å²) in [4.78, 5) is 35.9. The number of likely N-dealkylation sites (tertiary alicyclic amines) is 1. The van der Waals surface area contributed by atoms with Crippen LogP contribution in [0.4, 0.5) is 5.69 Å². The summed E-state index contributed by atoms with van der Waals surface area (Å²) in [6.45, 7) is 5.55. The summed E-state index contributed by atoms with van der Waals surface area (Å²) in [6.07, 6.45) is 5.95. The Morgan fingerprint density at radius 2 is 1.84 bits per heavy atom. The van der Waals surface area contributed by atoms with E-state index in [1.807, 2.05) is 37.3 Å². The zero-order chi connectivity index (χ0) is 32.2. The Balaban J connectivity index is 1.62. The highest BCUT2D eigenvalue weighted by molar-refractivity contribution is 7.89. The third-order valence-corrected chi connectivity index (χ3v) is 9.78. The molecule has 1 atom stereocenters. The predicted molar refractivity (Wildman–Crippen MR) is 173 cm³/mol. The molecule has 3 N–H and O–H groups in total. The Hall–Kier alpha value is -3.58. The first-order valence-corrected chi connectivity index (χ1v) is 17.1. The van der Waals surface area contributed by atoms with Gasteiger partial charge in [0.1, 0.15) is 17.5 Å². The summed E-state index contributed by atoms with van der Waals surface area (Å²) < 4.78 is 41.4. The second-order valence-corrected chi connectivity index (χ2v) is 13.0. The Labute approximate surface area is 266 Å². The monoisotopic (exact) mass is 639 g/mol. The number of piperidine rings is 1. The molecule has 0 saturated carbocycles. The lowest BCUT2D eigenvalue weighted by Crippen LogP contribution is -2.50. The second kappa shape index (κ2) is 16.6. The van der Waals surface area contributed by atoms with Crippen LogP contribution in [0.2, 0.25) is 0 Å². The molecule has 2 heterocycles. The number of hydrogen-bond donors (Lipinski definition) is 3. The van der Waals surface area contributed by atoms with E-state index in [0.29, 0.717) is 50.4 Å². The van der Waals surface area contributed by atoms with Gasteiger partial charge in [-0.05, 0) is 56.6 Å². The van der Waals surface area contributed by atoms with E-state index in [2.05, 4.69) is 26.9 Å². The molecule has 1 aliphatic rings. The smallest absolute Gasteiger partial charge is 0.250 e. The minimum absolute atomic E-state index is 0.124. The van der Waals surface area contributed by atoms with Crippen molar-refractivity contribution in [3.05, 3.63) is 66.2 Å². The second-order valence-electron chi connectivity index (χ2n) is 11.4. The molecule has 1 fully saturated rings. The molecule has 244 valence electrons. The van der Waals surface area contributed by atoms with Crippen LogP contribution in [-0.2, 0) is 35.5 Å².